The van der Waals surface area contributed by atoms with E-state index < -0.39 is 0 Å². The van der Waals surface area contributed by atoms with Gasteiger partial charge >= 0.3 is 0 Å². The summed E-state index contributed by atoms with van der Waals surface area (Å²) >= 11 is 0. The molecule has 1 aliphatic rings. The molecule has 0 unspecified atom stereocenters. The minimum Gasteiger partial charge on any atom is -0.368 e. The average Bonchev–Trinajstić information content (AvgIpc) is 3.18. The third kappa shape index (κ3) is 3.70. The Morgan fingerprint density at radius 3 is 2.69 bits per heavy atom. The molecular formula is C18H27N7O. The highest BCUT2D eigenvalue weighted by molar-refractivity contribution is 5.80. The van der Waals surface area contributed by atoms with Crippen LogP contribution in [0.5, 0.6) is 0 Å². The van der Waals surface area contributed by atoms with Crippen LogP contribution in [0.1, 0.15) is 35.6 Å². The molecule has 0 saturated carbocycles. The van der Waals surface area contributed by atoms with Crippen LogP contribution in [0.25, 0.3) is 0 Å². The largest absolute Gasteiger partial charge is 0.368 e. The molecule has 140 valence electrons. The number of aromatic amines is 1. The van der Waals surface area contributed by atoms with Gasteiger partial charge in [-0.1, -0.05) is 6.92 Å². The van der Waals surface area contributed by atoms with Gasteiger partial charge in [0.05, 0.1) is 11.6 Å². The molecule has 3 heterocycles. The molecule has 0 radical (unpaired) electrons. The van der Waals surface area contributed by atoms with Crippen LogP contribution in [-0.4, -0.2) is 62.8 Å². The number of nitrogens with one attached hydrogen (secondary N) is 1. The first-order valence-electron chi connectivity index (χ1n) is 8.94. The van der Waals surface area contributed by atoms with Crippen molar-refractivity contribution >= 4 is 11.9 Å². The number of anilines is 1. The maximum absolute atomic E-state index is 13.1. The number of hydrogen-bond acceptors (Lipinski definition) is 6. The second kappa shape index (κ2) is 7.41. The Morgan fingerprint density at radius 2 is 2.08 bits per heavy atom. The van der Waals surface area contributed by atoms with Crippen molar-refractivity contribution < 1.29 is 4.79 Å². The summed E-state index contributed by atoms with van der Waals surface area (Å²) < 4.78 is 0. The molecule has 8 nitrogen and oxygen atoms in total. The molecule has 8 heteroatoms. The van der Waals surface area contributed by atoms with Crippen LogP contribution in [0, 0.1) is 12.8 Å². The zero-order chi connectivity index (χ0) is 18.8. The second-order valence-electron chi connectivity index (χ2n) is 7.13. The molecule has 0 aromatic carbocycles. The summed E-state index contributed by atoms with van der Waals surface area (Å²) in [5.41, 5.74) is 8.47. The van der Waals surface area contributed by atoms with Crippen LogP contribution in [0.2, 0.25) is 0 Å². The average molecular weight is 357 g/mol. The van der Waals surface area contributed by atoms with E-state index in [1.807, 2.05) is 14.0 Å². The normalized spacial score (nSPS) is 20.5. The minimum atomic E-state index is -0.105. The van der Waals surface area contributed by atoms with E-state index in [1.54, 1.807) is 17.3 Å². The van der Waals surface area contributed by atoms with Gasteiger partial charge in [0.2, 0.25) is 11.9 Å². The van der Waals surface area contributed by atoms with Crippen LogP contribution in [-0.2, 0) is 17.8 Å². The zero-order valence-electron chi connectivity index (χ0n) is 15.9. The van der Waals surface area contributed by atoms with Crippen LogP contribution in [0.15, 0.2) is 12.4 Å². The Hall–Kier alpha value is -2.48. The summed E-state index contributed by atoms with van der Waals surface area (Å²) in [6, 6.07) is 0. The summed E-state index contributed by atoms with van der Waals surface area (Å²) in [5, 5.41) is 0. The molecule has 1 saturated heterocycles. The number of aryl methyl sites for hydroxylation is 2. The van der Waals surface area contributed by atoms with Gasteiger partial charge in [-0.2, -0.15) is 0 Å². The Morgan fingerprint density at radius 1 is 1.38 bits per heavy atom. The number of likely N-dealkylation sites (N-methyl/N-ethyl adjacent to an activating group) is 1. The second-order valence-corrected chi connectivity index (χ2v) is 7.13. The number of aromatic nitrogens is 4. The van der Waals surface area contributed by atoms with Gasteiger partial charge in [0.15, 0.2) is 0 Å². The van der Waals surface area contributed by atoms with Gasteiger partial charge < -0.3 is 20.5 Å². The van der Waals surface area contributed by atoms with Crippen LogP contribution in [0.3, 0.4) is 0 Å². The van der Waals surface area contributed by atoms with E-state index in [0.29, 0.717) is 6.54 Å². The van der Waals surface area contributed by atoms with E-state index in [9.17, 15) is 4.79 Å². The highest BCUT2D eigenvalue weighted by Gasteiger charge is 2.40. The van der Waals surface area contributed by atoms with Crippen molar-refractivity contribution in [2.45, 2.75) is 32.7 Å². The molecule has 26 heavy (non-hydrogen) atoms. The van der Waals surface area contributed by atoms with E-state index in [1.165, 1.54) is 0 Å². The number of imidazole rings is 1. The SMILES string of the molecule is CCc1nc([C@@H]2CN(C)C[C@H]2C(=O)N(C)Cc2cnc(N)nc2)c(C)[nH]1. The van der Waals surface area contributed by atoms with Gasteiger partial charge in [-0.15, -0.1) is 0 Å². The molecule has 1 amide bonds. The highest BCUT2D eigenvalue weighted by Crippen LogP contribution is 2.34. The smallest absolute Gasteiger partial charge is 0.227 e. The molecule has 1 aliphatic heterocycles. The molecular weight excluding hydrogens is 330 g/mol. The lowest BCUT2D eigenvalue weighted by molar-refractivity contribution is -0.134. The van der Waals surface area contributed by atoms with Gasteiger partial charge in [0.1, 0.15) is 5.82 Å². The van der Waals surface area contributed by atoms with Crippen molar-refractivity contribution in [1.29, 1.82) is 0 Å². The summed E-state index contributed by atoms with van der Waals surface area (Å²) in [7, 11) is 3.87. The minimum absolute atomic E-state index is 0.105. The number of nitrogens with zero attached hydrogens (tertiary/aromatic N) is 5. The maximum Gasteiger partial charge on any atom is 0.227 e. The van der Waals surface area contributed by atoms with Gasteiger partial charge in [0.25, 0.3) is 0 Å². The van der Waals surface area contributed by atoms with Crippen LogP contribution >= 0.6 is 0 Å². The summed E-state index contributed by atoms with van der Waals surface area (Å²) in [5.74, 6) is 1.34. The van der Waals surface area contributed by atoms with Gasteiger partial charge in [-0.3, -0.25) is 4.79 Å². The van der Waals surface area contributed by atoms with Crippen LogP contribution < -0.4 is 5.73 Å². The first-order valence-corrected chi connectivity index (χ1v) is 8.94. The van der Waals surface area contributed by atoms with Crippen molar-refractivity contribution in [1.82, 2.24) is 29.7 Å². The highest BCUT2D eigenvalue weighted by atomic mass is 16.2. The summed E-state index contributed by atoms with van der Waals surface area (Å²) in [6.45, 7) is 6.15. The summed E-state index contributed by atoms with van der Waals surface area (Å²) in [4.78, 5) is 33.1. The van der Waals surface area contributed by atoms with Crippen molar-refractivity contribution in [3.8, 4) is 0 Å². The van der Waals surface area contributed by atoms with Crippen molar-refractivity contribution in [3.05, 3.63) is 35.2 Å². The molecule has 0 spiro atoms. The topological polar surface area (TPSA) is 104 Å². The van der Waals surface area contributed by atoms with E-state index in [4.69, 9.17) is 10.7 Å². The van der Waals surface area contributed by atoms with E-state index in [2.05, 4.69) is 33.8 Å². The molecule has 2 aromatic heterocycles. The lowest BCUT2D eigenvalue weighted by atomic mass is 9.90. The number of rotatable bonds is 5. The number of carbonyl (C=O) groups is 1. The molecule has 0 aliphatic carbocycles. The van der Waals surface area contributed by atoms with E-state index in [0.717, 1.165) is 42.3 Å². The predicted molar refractivity (Wildman–Crippen MR) is 99.3 cm³/mol. The number of amides is 1. The molecule has 2 aromatic rings. The number of nitrogen functional groups attached to an aromatic ring is 1. The monoisotopic (exact) mass is 357 g/mol. The van der Waals surface area contributed by atoms with E-state index >= 15 is 0 Å². The lowest BCUT2D eigenvalue weighted by Crippen LogP contribution is -2.36. The quantitative estimate of drug-likeness (QED) is 0.826. The fourth-order valence-electron chi connectivity index (χ4n) is 3.68. The number of hydrogen-bond donors (Lipinski definition) is 2. The fourth-order valence-corrected chi connectivity index (χ4v) is 3.68. The molecule has 2 atom stereocenters. The van der Waals surface area contributed by atoms with Crippen molar-refractivity contribution in [2.24, 2.45) is 5.92 Å². The number of H-pyrrole nitrogens is 1. The van der Waals surface area contributed by atoms with Gasteiger partial charge in [0, 0.05) is 62.7 Å². The Kier molecular flexibility index (Phi) is 5.22. The molecule has 3 rings (SSSR count). The Bertz CT molecular complexity index is 770. The summed E-state index contributed by atoms with van der Waals surface area (Å²) in [6.07, 6.45) is 4.19. The molecule has 3 N–H and O–H groups in total. The molecule has 0 bridgehead atoms. The Labute approximate surface area is 153 Å². The van der Waals surface area contributed by atoms with Gasteiger partial charge in [-0.05, 0) is 14.0 Å². The Balaban J connectivity index is 1.77. The molecule has 1 fully saturated rings. The number of nitrogens with two attached hydrogens (primary N) is 1. The standard InChI is InChI=1S/C18H27N7O/c1-5-15-22-11(2)16(23-15)13-9-24(3)10-14(13)17(26)25(4)8-12-6-20-18(19)21-7-12/h6-7,13-14H,5,8-10H2,1-4H3,(H,22,23)(H2,19,20,21)/t13-,14-/m1/s1. The zero-order valence-corrected chi connectivity index (χ0v) is 15.9. The maximum atomic E-state index is 13.1. The predicted octanol–water partition coefficient (Wildman–Crippen LogP) is 0.957. The van der Waals surface area contributed by atoms with E-state index in [-0.39, 0.29) is 23.7 Å². The number of likely N-dealkylation sites (tertiary alicyclic amines) is 1. The third-order valence-electron chi connectivity index (χ3n) is 5.00. The lowest BCUT2D eigenvalue weighted by Gasteiger charge is -2.24. The first kappa shape index (κ1) is 18.3. The first-order chi connectivity index (χ1) is 12.4. The van der Waals surface area contributed by atoms with Crippen molar-refractivity contribution in [2.75, 3.05) is 32.9 Å². The van der Waals surface area contributed by atoms with Crippen molar-refractivity contribution in [3.63, 3.8) is 0 Å². The fraction of sp³-hybridized carbons (Fsp3) is 0.556. The number of carbonyl (C=O) groups excluding carboxylic acids is 1. The third-order valence-corrected chi connectivity index (χ3v) is 5.00. The van der Waals surface area contributed by atoms with Gasteiger partial charge in [-0.25, -0.2) is 15.0 Å². The van der Waals surface area contributed by atoms with Crippen LogP contribution in [0.4, 0.5) is 5.95 Å².